The SMILES string of the molecule is Cc1ccccc1CC(CO)CNC(C)c1cccc(C2CC2)c1. The number of aliphatic hydroxyl groups excluding tert-OH is 1. The normalized spacial score (nSPS) is 16.8. The minimum atomic E-state index is 0.218. The fraction of sp³-hybridized carbons (Fsp3) is 0.455. The molecule has 3 rings (SSSR count). The molecule has 0 spiro atoms. The molecule has 2 nitrogen and oxygen atoms in total. The minimum Gasteiger partial charge on any atom is -0.396 e. The molecule has 1 aliphatic rings. The Morgan fingerprint density at radius 2 is 1.92 bits per heavy atom. The van der Waals surface area contributed by atoms with Gasteiger partial charge in [-0.3, -0.25) is 0 Å². The molecule has 2 unspecified atom stereocenters. The summed E-state index contributed by atoms with van der Waals surface area (Å²) in [6.07, 6.45) is 3.60. The van der Waals surface area contributed by atoms with E-state index < -0.39 is 0 Å². The zero-order valence-corrected chi connectivity index (χ0v) is 14.8. The van der Waals surface area contributed by atoms with E-state index in [4.69, 9.17) is 0 Å². The van der Waals surface area contributed by atoms with E-state index in [-0.39, 0.29) is 12.5 Å². The summed E-state index contributed by atoms with van der Waals surface area (Å²) >= 11 is 0. The quantitative estimate of drug-likeness (QED) is 0.756. The minimum absolute atomic E-state index is 0.218. The summed E-state index contributed by atoms with van der Waals surface area (Å²) in [7, 11) is 0. The Balaban J connectivity index is 1.56. The van der Waals surface area contributed by atoms with Crippen molar-refractivity contribution in [2.75, 3.05) is 13.2 Å². The zero-order valence-electron chi connectivity index (χ0n) is 14.8. The van der Waals surface area contributed by atoms with Gasteiger partial charge in [-0.05, 0) is 67.2 Å². The molecule has 0 aliphatic heterocycles. The van der Waals surface area contributed by atoms with Gasteiger partial charge in [-0.15, -0.1) is 0 Å². The summed E-state index contributed by atoms with van der Waals surface area (Å²) in [5, 5.41) is 13.4. The molecule has 2 atom stereocenters. The van der Waals surface area contributed by atoms with Crippen LogP contribution in [0.3, 0.4) is 0 Å². The average Bonchev–Trinajstić information content (AvgIpc) is 3.45. The molecule has 2 N–H and O–H groups in total. The molecular formula is C22H29NO. The summed E-state index contributed by atoms with van der Waals surface area (Å²) in [6.45, 7) is 5.41. The Labute approximate surface area is 145 Å². The number of aliphatic hydroxyl groups is 1. The molecule has 0 bridgehead atoms. The van der Waals surface area contributed by atoms with E-state index in [2.05, 4.69) is 67.7 Å². The summed E-state index contributed by atoms with van der Waals surface area (Å²) in [5.41, 5.74) is 5.48. The molecule has 0 radical (unpaired) electrons. The van der Waals surface area contributed by atoms with Gasteiger partial charge in [-0.25, -0.2) is 0 Å². The fourth-order valence-electron chi connectivity index (χ4n) is 3.31. The predicted molar refractivity (Wildman–Crippen MR) is 100 cm³/mol. The average molecular weight is 323 g/mol. The topological polar surface area (TPSA) is 32.3 Å². The van der Waals surface area contributed by atoms with Crippen molar-refractivity contribution in [2.24, 2.45) is 5.92 Å². The van der Waals surface area contributed by atoms with E-state index in [1.807, 2.05) is 0 Å². The molecule has 0 amide bonds. The lowest BCUT2D eigenvalue weighted by Gasteiger charge is -2.21. The van der Waals surface area contributed by atoms with Crippen LogP contribution >= 0.6 is 0 Å². The van der Waals surface area contributed by atoms with E-state index in [0.29, 0.717) is 6.04 Å². The lowest BCUT2D eigenvalue weighted by atomic mass is 9.96. The van der Waals surface area contributed by atoms with Crippen LogP contribution in [0, 0.1) is 12.8 Å². The predicted octanol–water partition coefficient (Wildman–Crippen LogP) is 4.37. The first kappa shape index (κ1) is 17.2. The van der Waals surface area contributed by atoms with E-state index in [1.165, 1.54) is 35.1 Å². The molecule has 2 aromatic carbocycles. The van der Waals surface area contributed by atoms with E-state index in [9.17, 15) is 5.11 Å². The Hall–Kier alpha value is -1.64. The maximum Gasteiger partial charge on any atom is 0.0474 e. The first-order valence-corrected chi connectivity index (χ1v) is 9.16. The standard InChI is InChI=1S/C22H29NO/c1-16-6-3-4-7-20(16)12-18(15-24)14-23-17(2)21-8-5-9-22(13-21)19-10-11-19/h3-9,13,17-19,23-24H,10-12,14-15H2,1-2H3. The number of hydrogen-bond donors (Lipinski definition) is 2. The molecular weight excluding hydrogens is 294 g/mol. The highest BCUT2D eigenvalue weighted by Gasteiger charge is 2.23. The van der Waals surface area contributed by atoms with Crippen LogP contribution in [0.15, 0.2) is 48.5 Å². The van der Waals surface area contributed by atoms with Gasteiger partial charge in [0.05, 0.1) is 0 Å². The van der Waals surface area contributed by atoms with Gasteiger partial charge in [0.15, 0.2) is 0 Å². The molecule has 0 aromatic heterocycles. The maximum absolute atomic E-state index is 9.75. The molecule has 2 heteroatoms. The summed E-state index contributed by atoms with van der Waals surface area (Å²) in [5.74, 6) is 1.04. The second-order valence-corrected chi connectivity index (χ2v) is 7.25. The Kier molecular flexibility index (Phi) is 5.70. The van der Waals surface area contributed by atoms with E-state index in [1.54, 1.807) is 0 Å². The van der Waals surface area contributed by atoms with Crippen molar-refractivity contribution in [1.82, 2.24) is 5.32 Å². The van der Waals surface area contributed by atoms with Crippen molar-refractivity contribution in [3.8, 4) is 0 Å². The number of rotatable bonds is 8. The molecule has 1 fully saturated rings. The van der Waals surface area contributed by atoms with Crippen molar-refractivity contribution >= 4 is 0 Å². The van der Waals surface area contributed by atoms with Crippen molar-refractivity contribution < 1.29 is 5.11 Å². The summed E-state index contributed by atoms with van der Waals surface area (Å²) < 4.78 is 0. The molecule has 128 valence electrons. The first-order valence-electron chi connectivity index (χ1n) is 9.16. The first-order chi connectivity index (χ1) is 11.7. The molecule has 0 heterocycles. The van der Waals surface area contributed by atoms with Crippen LogP contribution in [0.4, 0.5) is 0 Å². The Morgan fingerprint density at radius 3 is 2.62 bits per heavy atom. The molecule has 24 heavy (non-hydrogen) atoms. The van der Waals surface area contributed by atoms with Crippen LogP contribution in [-0.2, 0) is 6.42 Å². The van der Waals surface area contributed by atoms with Crippen molar-refractivity contribution in [1.29, 1.82) is 0 Å². The van der Waals surface area contributed by atoms with Crippen LogP contribution in [-0.4, -0.2) is 18.3 Å². The van der Waals surface area contributed by atoms with Crippen LogP contribution in [0.1, 0.15) is 54.0 Å². The maximum atomic E-state index is 9.75. The highest BCUT2D eigenvalue weighted by Crippen LogP contribution is 2.40. The van der Waals surface area contributed by atoms with Crippen molar-refractivity contribution in [3.05, 3.63) is 70.8 Å². The summed E-state index contributed by atoms with van der Waals surface area (Å²) in [6, 6.07) is 17.8. The number of nitrogens with one attached hydrogen (secondary N) is 1. The zero-order chi connectivity index (χ0) is 16.9. The third kappa shape index (κ3) is 4.46. The van der Waals surface area contributed by atoms with E-state index >= 15 is 0 Å². The van der Waals surface area contributed by atoms with Gasteiger partial charge < -0.3 is 10.4 Å². The lowest BCUT2D eigenvalue weighted by Crippen LogP contribution is -2.29. The second kappa shape index (κ2) is 7.96. The van der Waals surface area contributed by atoms with E-state index in [0.717, 1.165) is 18.9 Å². The highest BCUT2D eigenvalue weighted by atomic mass is 16.3. The molecule has 1 aliphatic carbocycles. The fourth-order valence-corrected chi connectivity index (χ4v) is 3.31. The second-order valence-electron chi connectivity index (χ2n) is 7.25. The van der Waals surface area contributed by atoms with Crippen molar-refractivity contribution in [3.63, 3.8) is 0 Å². The lowest BCUT2D eigenvalue weighted by molar-refractivity contribution is 0.218. The third-order valence-corrected chi connectivity index (χ3v) is 5.20. The van der Waals surface area contributed by atoms with Gasteiger partial charge in [0.25, 0.3) is 0 Å². The number of aryl methyl sites for hydroxylation is 1. The van der Waals surface area contributed by atoms with Crippen LogP contribution < -0.4 is 5.32 Å². The van der Waals surface area contributed by atoms with Gasteiger partial charge in [-0.2, -0.15) is 0 Å². The van der Waals surface area contributed by atoms with Gasteiger partial charge >= 0.3 is 0 Å². The number of hydrogen-bond acceptors (Lipinski definition) is 2. The molecule has 0 saturated heterocycles. The number of benzene rings is 2. The van der Waals surface area contributed by atoms with Gasteiger partial charge in [-0.1, -0.05) is 48.5 Å². The highest BCUT2D eigenvalue weighted by molar-refractivity contribution is 5.30. The van der Waals surface area contributed by atoms with Gasteiger partial charge in [0.1, 0.15) is 0 Å². The van der Waals surface area contributed by atoms with Crippen molar-refractivity contribution in [2.45, 2.75) is 45.1 Å². The third-order valence-electron chi connectivity index (χ3n) is 5.20. The monoisotopic (exact) mass is 323 g/mol. The molecule has 1 saturated carbocycles. The smallest absolute Gasteiger partial charge is 0.0474 e. The Morgan fingerprint density at radius 1 is 1.12 bits per heavy atom. The summed E-state index contributed by atoms with van der Waals surface area (Å²) in [4.78, 5) is 0. The van der Waals surface area contributed by atoms with Crippen LogP contribution in [0.25, 0.3) is 0 Å². The van der Waals surface area contributed by atoms with Gasteiger partial charge in [0.2, 0.25) is 0 Å². The van der Waals surface area contributed by atoms with Crippen LogP contribution in [0.2, 0.25) is 0 Å². The largest absolute Gasteiger partial charge is 0.396 e. The molecule has 2 aromatic rings. The Bertz CT molecular complexity index is 663. The van der Waals surface area contributed by atoms with Gasteiger partial charge in [0, 0.05) is 19.2 Å². The van der Waals surface area contributed by atoms with Crippen LogP contribution in [0.5, 0.6) is 0 Å².